The van der Waals surface area contributed by atoms with Crippen LogP contribution in [0.4, 0.5) is 5.95 Å². The van der Waals surface area contributed by atoms with Crippen molar-refractivity contribution in [2.45, 2.75) is 44.8 Å². The van der Waals surface area contributed by atoms with Gasteiger partial charge in [-0.05, 0) is 43.9 Å². The molecule has 2 aliphatic rings. The highest BCUT2D eigenvalue weighted by Gasteiger charge is 2.32. The van der Waals surface area contributed by atoms with Gasteiger partial charge >= 0.3 is 0 Å². The van der Waals surface area contributed by atoms with Gasteiger partial charge in [-0.2, -0.15) is 5.10 Å². The molecule has 4 heterocycles. The molecule has 0 bridgehead atoms. The van der Waals surface area contributed by atoms with E-state index in [4.69, 9.17) is 4.98 Å². The molecule has 2 fully saturated rings. The molecule has 0 spiro atoms. The number of rotatable bonds is 7. The maximum absolute atomic E-state index is 9.65. The van der Waals surface area contributed by atoms with Crippen LogP contribution in [-0.2, 0) is 13.1 Å². The highest BCUT2D eigenvalue weighted by molar-refractivity contribution is 5.63. The molecule has 1 atom stereocenters. The van der Waals surface area contributed by atoms with E-state index in [1.165, 1.54) is 18.4 Å². The fourth-order valence-corrected chi connectivity index (χ4v) is 4.93. The predicted octanol–water partition coefficient (Wildman–Crippen LogP) is 3.27. The van der Waals surface area contributed by atoms with Crippen LogP contribution in [0.2, 0.25) is 0 Å². The molecule has 1 N–H and O–H groups in total. The molecule has 1 aromatic carbocycles. The first kappa shape index (κ1) is 20.2. The summed E-state index contributed by atoms with van der Waals surface area (Å²) in [6, 6.07) is 12.9. The molecule has 2 aliphatic heterocycles. The van der Waals surface area contributed by atoms with E-state index in [1.54, 1.807) is 0 Å². The summed E-state index contributed by atoms with van der Waals surface area (Å²) in [6.45, 7) is 4.59. The van der Waals surface area contributed by atoms with E-state index in [-0.39, 0.29) is 12.6 Å². The van der Waals surface area contributed by atoms with Crippen molar-refractivity contribution < 1.29 is 5.11 Å². The van der Waals surface area contributed by atoms with Crippen LogP contribution >= 0.6 is 0 Å². The van der Waals surface area contributed by atoms with Gasteiger partial charge in [-0.25, -0.2) is 9.97 Å². The molecule has 7 heteroatoms. The van der Waals surface area contributed by atoms with Crippen LogP contribution in [0.15, 0.2) is 48.8 Å². The summed E-state index contributed by atoms with van der Waals surface area (Å²) in [5.41, 5.74) is 4.46. The van der Waals surface area contributed by atoms with Crippen molar-refractivity contribution in [3.05, 3.63) is 60.0 Å². The molecule has 7 nitrogen and oxygen atoms in total. The summed E-state index contributed by atoms with van der Waals surface area (Å²) in [4.78, 5) is 14.2. The van der Waals surface area contributed by atoms with Gasteiger partial charge in [-0.1, -0.05) is 30.3 Å². The van der Waals surface area contributed by atoms with Gasteiger partial charge in [0.25, 0.3) is 0 Å². The average Bonchev–Trinajstić information content (AvgIpc) is 3.56. The number of hydrogen-bond acceptors (Lipinski definition) is 6. The number of hydrogen-bond donors (Lipinski definition) is 1. The molecule has 0 amide bonds. The molecule has 0 aliphatic carbocycles. The molecule has 31 heavy (non-hydrogen) atoms. The summed E-state index contributed by atoms with van der Waals surface area (Å²) in [5, 5.41) is 14.3. The quantitative estimate of drug-likeness (QED) is 0.635. The second-order valence-electron chi connectivity index (χ2n) is 8.44. The van der Waals surface area contributed by atoms with Gasteiger partial charge in [0.1, 0.15) is 0 Å². The maximum atomic E-state index is 9.65. The second kappa shape index (κ2) is 9.16. The van der Waals surface area contributed by atoms with Gasteiger partial charge in [-0.3, -0.25) is 9.58 Å². The maximum Gasteiger partial charge on any atom is 0.225 e. The Morgan fingerprint density at radius 3 is 2.65 bits per heavy atom. The zero-order chi connectivity index (χ0) is 21.0. The molecule has 2 saturated heterocycles. The third-order valence-corrected chi connectivity index (χ3v) is 6.41. The number of aliphatic hydroxyl groups is 1. The first-order chi connectivity index (χ1) is 15.3. The van der Waals surface area contributed by atoms with Crippen LogP contribution in [0.1, 0.15) is 43.0 Å². The van der Waals surface area contributed by atoms with E-state index in [1.807, 2.05) is 23.1 Å². The monoisotopic (exact) mass is 418 g/mol. The van der Waals surface area contributed by atoms with Gasteiger partial charge in [0.15, 0.2) is 0 Å². The van der Waals surface area contributed by atoms with Crippen molar-refractivity contribution in [1.82, 2.24) is 24.6 Å². The molecule has 2 aromatic heterocycles. The fraction of sp³-hybridized carbons (Fsp3) is 0.458. The number of aromatic nitrogens is 4. The molecule has 0 radical (unpaired) electrons. The van der Waals surface area contributed by atoms with Gasteiger partial charge in [-0.15, -0.1) is 0 Å². The zero-order valence-electron chi connectivity index (χ0n) is 17.9. The van der Waals surface area contributed by atoms with Crippen LogP contribution in [0.25, 0.3) is 11.3 Å². The van der Waals surface area contributed by atoms with Gasteiger partial charge in [0.2, 0.25) is 5.95 Å². The molecule has 1 unspecified atom stereocenters. The lowest BCUT2D eigenvalue weighted by molar-refractivity contribution is 0.226. The van der Waals surface area contributed by atoms with Crippen LogP contribution < -0.4 is 4.90 Å². The Balaban J connectivity index is 1.49. The third-order valence-electron chi connectivity index (χ3n) is 6.41. The van der Waals surface area contributed by atoms with Crippen molar-refractivity contribution in [2.75, 3.05) is 31.1 Å². The van der Waals surface area contributed by atoms with Crippen LogP contribution in [0.3, 0.4) is 0 Å². The van der Waals surface area contributed by atoms with E-state index in [2.05, 4.69) is 50.2 Å². The molecular formula is C24H30N6O. The molecule has 5 rings (SSSR count). The highest BCUT2D eigenvalue weighted by atomic mass is 16.3. The Hall–Kier alpha value is -2.77. The van der Waals surface area contributed by atoms with Crippen LogP contribution in [0, 0.1) is 0 Å². The minimum absolute atomic E-state index is 0.0718. The Kier molecular flexibility index (Phi) is 5.95. The lowest BCUT2D eigenvalue weighted by Crippen LogP contribution is -2.26. The van der Waals surface area contributed by atoms with Gasteiger partial charge in [0.05, 0.1) is 36.8 Å². The van der Waals surface area contributed by atoms with E-state index in [0.29, 0.717) is 6.54 Å². The minimum atomic E-state index is 0.0718. The first-order valence-electron chi connectivity index (χ1n) is 11.4. The number of benzene rings is 1. The van der Waals surface area contributed by atoms with Crippen molar-refractivity contribution >= 4 is 5.95 Å². The summed E-state index contributed by atoms with van der Waals surface area (Å²) >= 11 is 0. The van der Waals surface area contributed by atoms with Crippen LogP contribution in [0.5, 0.6) is 0 Å². The SMILES string of the molecule is OCCn1ncc(-c2ccnc(N3CCCC3)n2)c1C1CCCN1Cc1ccccc1. The Labute approximate surface area is 183 Å². The molecule has 0 saturated carbocycles. The number of anilines is 1. The summed E-state index contributed by atoms with van der Waals surface area (Å²) in [6.07, 6.45) is 8.41. The van der Waals surface area contributed by atoms with E-state index < -0.39 is 0 Å². The zero-order valence-corrected chi connectivity index (χ0v) is 17.9. The predicted molar refractivity (Wildman–Crippen MR) is 121 cm³/mol. The number of aliphatic hydroxyl groups excluding tert-OH is 1. The normalized spacial score (nSPS) is 19.4. The molecular weight excluding hydrogens is 388 g/mol. The van der Waals surface area contributed by atoms with Crippen molar-refractivity contribution in [2.24, 2.45) is 0 Å². The number of nitrogens with zero attached hydrogens (tertiary/aromatic N) is 6. The van der Waals surface area contributed by atoms with Crippen molar-refractivity contribution in [3.8, 4) is 11.3 Å². The van der Waals surface area contributed by atoms with Gasteiger partial charge in [0, 0.05) is 31.4 Å². The van der Waals surface area contributed by atoms with Crippen LogP contribution in [-0.4, -0.2) is 56.0 Å². The average molecular weight is 419 g/mol. The van der Waals surface area contributed by atoms with E-state index in [9.17, 15) is 5.11 Å². The Morgan fingerprint density at radius 2 is 1.84 bits per heavy atom. The lowest BCUT2D eigenvalue weighted by Gasteiger charge is -2.26. The smallest absolute Gasteiger partial charge is 0.225 e. The largest absolute Gasteiger partial charge is 0.394 e. The number of likely N-dealkylation sites (tertiary alicyclic amines) is 1. The fourth-order valence-electron chi connectivity index (χ4n) is 4.93. The topological polar surface area (TPSA) is 70.3 Å². The summed E-state index contributed by atoms with van der Waals surface area (Å²) in [7, 11) is 0. The van der Waals surface area contributed by atoms with Gasteiger partial charge < -0.3 is 10.0 Å². The van der Waals surface area contributed by atoms with Crippen molar-refractivity contribution in [3.63, 3.8) is 0 Å². The highest BCUT2D eigenvalue weighted by Crippen LogP contribution is 2.38. The molecule has 162 valence electrons. The van der Waals surface area contributed by atoms with E-state index >= 15 is 0 Å². The third kappa shape index (κ3) is 4.20. The second-order valence-corrected chi connectivity index (χ2v) is 8.44. The lowest BCUT2D eigenvalue weighted by atomic mass is 10.0. The standard InChI is InChI=1S/C24H30N6O/c31-16-15-30-23(22-9-6-14-29(22)18-19-7-2-1-3-8-19)20(17-26-30)21-10-11-25-24(27-21)28-12-4-5-13-28/h1-3,7-8,10-11,17,22,31H,4-6,9,12-16,18H2. The minimum Gasteiger partial charge on any atom is -0.394 e. The van der Waals surface area contributed by atoms with Crippen molar-refractivity contribution in [1.29, 1.82) is 0 Å². The summed E-state index contributed by atoms with van der Waals surface area (Å²) in [5.74, 6) is 0.809. The first-order valence-corrected chi connectivity index (χ1v) is 11.4. The van der Waals surface area contributed by atoms with E-state index in [0.717, 1.165) is 61.9 Å². The molecule has 3 aromatic rings. The Bertz CT molecular complexity index is 998. The summed E-state index contributed by atoms with van der Waals surface area (Å²) < 4.78 is 1.97. The Morgan fingerprint density at radius 1 is 1.00 bits per heavy atom.